The van der Waals surface area contributed by atoms with Gasteiger partial charge in [0.2, 0.25) is 0 Å². The van der Waals surface area contributed by atoms with E-state index < -0.39 is 5.97 Å². The van der Waals surface area contributed by atoms with Gasteiger partial charge in [0, 0.05) is 30.3 Å². The quantitative estimate of drug-likeness (QED) is 0.563. The molecular formula is C26H33ClN2O3. The third-order valence-corrected chi connectivity index (χ3v) is 6.29. The number of nitrogens with one attached hydrogen (secondary N) is 1. The van der Waals surface area contributed by atoms with Crippen molar-refractivity contribution in [3.8, 4) is 0 Å². The maximum absolute atomic E-state index is 13.1. The largest absolute Gasteiger partial charge is 0.478 e. The molecule has 6 heteroatoms. The van der Waals surface area contributed by atoms with Gasteiger partial charge in [-0.25, -0.2) is 4.79 Å². The molecule has 0 aromatic heterocycles. The highest BCUT2D eigenvalue weighted by Crippen LogP contribution is 2.26. The average Bonchev–Trinajstić information content (AvgIpc) is 2.85. The van der Waals surface area contributed by atoms with Gasteiger partial charge in [0.1, 0.15) is 0 Å². The summed E-state index contributed by atoms with van der Waals surface area (Å²) in [6, 6.07) is 12.3. The zero-order valence-electron chi connectivity index (χ0n) is 18.6. The second-order valence-electron chi connectivity index (χ2n) is 8.48. The van der Waals surface area contributed by atoms with Gasteiger partial charge in [0.05, 0.1) is 11.1 Å². The van der Waals surface area contributed by atoms with E-state index in [2.05, 4.69) is 10.2 Å². The second kappa shape index (κ2) is 12.5. The standard InChI is InChI=1S/C26H33ClN2O3/c27-22-13-14-24(29-17-7-5-3-1-2-4-6-8-18-29)23(19-22)25(30)28-16-15-20-9-11-21(12-10-20)26(31)32/h9-14,19H,1-8,15-18H2,(H,28,30)(H,31,32). The van der Waals surface area contributed by atoms with Crippen LogP contribution in [0.3, 0.4) is 0 Å². The van der Waals surface area contributed by atoms with Crippen molar-refractivity contribution < 1.29 is 14.7 Å². The number of carbonyl (C=O) groups excluding carboxylic acids is 1. The van der Waals surface area contributed by atoms with E-state index in [1.165, 1.54) is 38.5 Å². The van der Waals surface area contributed by atoms with Gasteiger partial charge in [-0.1, -0.05) is 62.3 Å². The van der Waals surface area contributed by atoms with Crippen molar-refractivity contribution >= 4 is 29.2 Å². The van der Waals surface area contributed by atoms with Gasteiger partial charge >= 0.3 is 5.97 Å². The number of carboxylic acids is 1. The molecule has 0 aliphatic carbocycles. The molecule has 32 heavy (non-hydrogen) atoms. The predicted molar refractivity (Wildman–Crippen MR) is 130 cm³/mol. The molecule has 1 amide bonds. The lowest BCUT2D eigenvalue weighted by atomic mass is 10.1. The fourth-order valence-electron chi connectivity index (χ4n) is 4.21. The molecule has 0 atom stereocenters. The van der Waals surface area contributed by atoms with Crippen LogP contribution in [0.15, 0.2) is 42.5 Å². The Hall–Kier alpha value is -2.53. The molecule has 5 nitrogen and oxygen atoms in total. The molecule has 1 aliphatic heterocycles. The van der Waals surface area contributed by atoms with Crippen molar-refractivity contribution in [1.82, 2.24) is 5.32 Å². The number of halogens is 1. The molecule has 2 aromatic rings. The highest BCUT2D eigenvalue weighted by Gasteiger charge is 2.17. The Balaban J connectivity index is 1.65. The number of benzene rings is 2. The lowest BCUT2D eigenvalue weighted by molar-refractivity contribution is 0.0696. The monoisotopic (exact) mass is 456 g/mol. The topological polar surface area (TPSA) is 69.6 Å². The second-order valence-corrected chi connectivity index (χ2v) is 8.92. The van der Waals surface area contributed by atoms with E-state index >= 15 is 0 Å². The van der Waals surface area contributed by atoms with Crippen LogP contribution < -0.4 is 10.2 Å². The van der Waals surface area contributed by atoms with Crippen LogP contribution in [0.1, 0.15) is 77.6 Å². The smallest absolute Gasteiger partial charge is 0.335 e. The SMILES string of the molecule is O=C(O)c1ccc(CCNC(=O)c2cc(Cl)ccc2N2CCCCCCCCCC2)cc1. The summed E-state index contributed by atoms with van der Waals surface area (Å²) in [7, 11) is 0. The molecule has 0 unspecified atom stereocenters. The molecule has 1 fully saturated rings. The number of nitrogens with zero attached hydrogens (tertiary/aromatic N) is 1. The lowest BCUT2D eigenvalue weighted by Crippen LogP contribution is -2.31. The van der Waals surface area contributed by atoms with Crippen LogP contribution in [-0.2, 0) is 6.42 Å². The third kappa shape index (κ3) is 7.27. The van der Waals surface area contributed by atoms with Gasteiger partial charge in [-0.3, -0.25) is 4.79 Å². The summed E-state index contributed by atoms with van der Waals surface area (Å²) in [4.78, 5) is 26.4. The summed E-state index contributed by atoms with van der Waals surface area (Å²) in [5, 5.41) is 12.6. The Morgan fingerprint density at radius 3 is 2.06 bits per heavy atom. The number of hydrogen-bond acceptors (Lipinski definition) is 3. The van der Waals surface area contributed by atoms with Crippen molar-refractivity contribution in [3.63, 3.8) is 0 Å². The minimum atomic E-state index is -0.940. The molecule has 0 radical (unpaired) electrons. The average molecular weight is 457 g/mol. The van der Waals surface area contributed by atoms with Gasteiger partial charge < -0.3 is 15.3 Å². The number of aromatic carboxylic acids is 1. The number of rotatable bonds is 6. The summed E-state index contributed by atoms with van der Waals surface area (Å²) in [6.07, 6.45) is 10.6. The fraction of sp³-hybridized carbons (Fsp3) is 0.462. The molecule has 0 spiro atoms. The third-order valence-electron chi connectivity index (χ3n) is 6.05. The highest BCUT2D eigenvalue weighted by molar-refractivity contribution is 6.31. The van der Waals surface area contributed by atoms with E-state index in [0.29, 0.717) is 23.6 Å². The van der Waals surface area contributed by atoms with Crippen LogP contribution in [0, 0.1) is 0 Å². The zero-order valence-corrected chi connectivity index (χ0v) is 19.4. The molecule has 1 heterocycles. The van der Waals surface area contributed by atoms with Crippen molar-refractivity contribution in [2.75, 3.05) is 24.5 Å². The normalized spacial score (nSPS) is 15.6. The minimum absolute atomic E-state index is 0.126. The Bertz CT molecular complexity index is 886. The lowest BCUT2D eigenvalue weighted by Gasteiger charge is -2.27. The Morgan fingerprint density at radius 2 is 1.47 bits per heavy atom. The Morgan fingerprint density at radius 1 is 0.875 bits per heavy atom. The molecule has 172 valence electrons. The molecule has 1 aliphatic rings. The maximum Gasteiger partial charge on any atom is 0.335 e. The van der Waals surface area contributed by atoms with E-state index in [1.54, 1.807) is 30.3 Å². The minimum Gasteiger partial charge on any atom is -0.478 e. The highest BCUT2D eigenvalue weighted by atomic mass is 35.5. The van der Waals surface area contributed by atoms with Crippen LogP contribution in [0.4, 0.5) is 5.69 Å². The van der Waals surface area contributed by atoms with Crippen LogP contribution in [0.5, 0.6) is 0 Å². The van der Waals surface area contributed by atoms with Gasteiger partial charge in [-0.05, 0) is 55.2 Å². The molecule has 1 saturated heterocycles. The molecular weight excluding hydrogens is 424 g/mol. The number of anilines is 1. The van der Waals surface area contributed by atoms with Gasteiger partial charge in [-0.15, -0.1) is 0 Å². The molecule has 2 N–H and O–H groups in total. The Labute approximate surface area is 195 Å². The molecule has 0 bridgehead atoms. The summed E-state index contributed by atoms with van der Waals surface area (Å²) in [5.41, 5.74) is 2.82. The van der Waals surface area contributed by atoms with Gasteiger partial charge in [0.25, 0.3) is 5.91 Å². The zero-order chi connectivity index (χ0) is 22.8. The van der Waals surface area contributed by atoms with Crippen molar-refractivity contribution in [2.45, 2.75) is 57.8 Å². The summed E-state index contributed by atoms with van der Waals surface area (Å²) in [6.45, 7) is 2.38. The van der Waals surface area contributed by atoms with Crippen molar-refractivity contribution in [2.24, 2.45) is 0 Å². The first-order valence-electron chi connectivity index (χ1n) is 11.7. The van der Waals surface area contributed by atoms with Crippen molar-refractivity contribution in [3.05, 3.63) is 64.2 Å². The number of amides is 1. The van der Waals surface area contributed by atoms with Crippen LogP contribution in [0.2, 0.25) is 5.02 Å². The van der Waals surface area contributed by atoms with Crippen LogP contribution in [-0.4, -0.2) is 36.6 Å². The van der Waals surface area contributed by atoms with E-state index in [9.17, 15) is 9.59 Å². The van der Waals surface area contributed by atoms with E-state index in [1.807, 2.05) is 12.1 Å². The Kier molecular flexibility index (Phi) is 9.42. The maximum atomic E-state index is 13.1. The molecule has 0 saturated carbocycles. The predicted octanol–water partition coefficient (Wildman–Crippen LogP) is 5.95. The first kappa shape index (κ1) is 24.1. The first-order valence-corrected chi connectivity index (χ1v) is 12.1. The van der Waals surface area contributed by atoms with Crippen LogP contribution in [0.25, 0.3) is 0 Å². The summed E-state index contributed by atoms with van der Waals surface area (Å²) < 4.78 is 0. The van der Waals surface area contributed by atoms with Crippen molar-refractivity contribution in [1.29, 1.82) is 0 Å². The van der Waals surface area contributed by atoms with Gasteiger partial charge in [-0.2, -0.15) is 0 Å². The molecule has 2 aromatic carbocycles. The van der Waals surface area contributed by atoms with E-state index in [4.69, 9.17) is 16.7 Å². The summed E-state index contributed by atoms with van der Waals surface area (Å²) in [5.74, 6) is -1.07. The fourth-order valence-corrected chi connectivity index (χ4v) is 4.39. The number of hydrogen-bond donors (Lipinski definition) is 2. The first-order chi connectivity index (χ1) is 15.5. The number of carboxylic acid groups (broad SMARTS) is 1. The van der Waals surface area contributed by atoms with E-state index in [0.717, 1.165) is 37.2 Å². The van der Waals surface area contributed by atoms with Crippen LogP contribution >= 0.6 is 11.6 Å². The number of carbonyl (C=O) groups is 2. The van der Waals surface area contributed by atoms with E-state index in [-0.39, 0.29) is 11.5 Å². The molecule has 3 rings (SSSR count). The summed E-state index contributed by atoms with van der Waals surface area (Å²) >= 11 is 6.25. The van der Waals surface area contributed by atoms with Gasteiger partial charge in [0.15, 0.2) is 0 Å².